The number of carbonyl (C=O) groups is 2. The molecular weight excluding hydrogens is 590 g/mol. The molecule has 222 valence electrons. The van der Waals surface area contributed by atoms with Gasteiger partial charge in [-0.25, -0.2) is 9.18 Å². The van der Waals surface area contributed by atoms with Crippen LogP contribution in [0.1, 0.15) is 71.7 Å². The number of hydrogen-bond acceptors (Lipinski definition) is 4. The van der Waals surface area contributed by atoms with Gasteiger partial charge in [-0.2, -0.15) is 5.10 Å². The van der Waals surface area contributed by atoms with Crippen LogP contribution in [0.4, 0.5) is 10.1 Å². The number of anilines is 1. The van der Waals surface area contributed by atoms with Crippen molar-refractivity contribution in [1.82, 2.24) is 14.7 Å². The molecule has 10 heteroatoms. The van der Waals surface area contributed by atoms with Gasteiger partial charge in [0.15, 0.2) is 0 Å². The molecule has 4 aromatic rings. The number of fused-ring (bicyclic) bond motifs is 3. The fourth-order valence-electron chi connectivity index (χ4n) is 7.59. The van der Waals surface area contributed by atoms with Crippen LogP contribution >= 0.6 is 23.2 Å². The summed E-state index contributed by atoms with van der Waals surface area (Å²) >= 11 is 12.8. The first-order valence-corrected chi connectivity index (χ1v) is 15.5. The standard InChI is InChI=1S/C33H31Cl2FN4O3/c1-3-5-27-30(40-17(2)21-12-10-19(31(41)42)14-25(21)38-40)28(22-6-4-7-24(35)29(22)36)33(39(27)16-18-8-9-18)23-13-11-20(34)15-26(23)37-32(33)43/h4,6-7,10-15,18,27-28,30H,3,5,8-9,16H2,1-2H3,(H,37,43)(H,41,42)/t27-,28-,30+,33+/m0/s1. The van der Waals surface area contributed by atoms with E-state index in [-0.39, 0.29) is 22.5 Å². The van der Waals surface area contributed by atoms with E-state index >= 15 is 4.39 Å². The smallest absolute Gasteiger partial charge is 0.335 e. The number of hydrogen-bond donors (Lipinski definition) is 2. The number of carboxylic acids is 1. The van der Waals surface area contributed by atoms with Crippen molar-refractivity contribution < 1.29 is 19.1 Å². The highest BCUT2D eigenvalue weighted by atomic mass is 35.5. The molecule has 1 spiro atoms. The zero-order valence-corrected chi connectivity index (χ0v) is 25.3. The van der Waals surface area contributed by atoms with Gasteiger partial charge in [-0.1, -0.05) is 60.8 Å². The minimum absolute atomic E-state index is 0.0118. The number of aromatic carboxylic acids is 1. The molecule has 2 fully saturated rings. The molecule has 3 heterocycles. The van der Waals surface area contributed by atoms with E-state index in [1.165, 1.54) is 6.07 Å². The molecule has 7 rings (SSSR count). The number of nitrogens with one attached hydrogen (secondary N) is 1. The molecule has 0 radical (unpaired) electrons. The Bertz CT molecular complexity index is 1800. The first kappa shape index (κ1) is 28.3. The highest BCUT2D eigenvalue weighted by Gasteiger charge is 2.68. The number of aryl methyl sites for hydroxylation is 1. The number of benzene rings is 3. The lowest BCUT2D eigenvalue weighted by Gasteiger charge is -2.39. The molecule has 0 bridgehead atoms. The van der Waals surface area contributed by atoms with Crippen LogP contribution in [-0.2, 0) is 10.3 Å². The van der Waals surface area contributed by atoms with Crippen LogP contribution in [0.25, 0.3) is 10.9 Å². The van der Waals surface area contributed by atoms with Gasteiger partial charge in [0.2, 0.25) is 5.91 Å². The zero-order valence-electron chi connectivity index (χ0n) is 23.8. The molecule has 1 saturated heterocycles. The third-order valence-electron chi connectivity index (χ3n) is 9.55. The Labute approximate surface area is 258 Å². The summed E-state index contributed by atoms with van der Waals surface area (Å²) < 4.78 is 18.2. The lowest BCUT2D eigenvalue weighted by molar-refractivity contribution is -0.128. The van der Waals surface area contributed by atoms with Crippen LogP contribution in [0.15, 0.2) is 54.6 Å². The summed E-state index contributed by atoms with van der Waals surface area (Å²) in [6.45, 7) is 4.74. The molecule has 3 aliphatic rings. The van der Waals surface area contributed by atoms with Gasteiger partial charge in [-0.05, 0) is 68.0 Å². The van der Waals surface area contributed by atoms with Crippen molar-refractivity contribution in [2.75, 3.05) is 11.9 Å². The number of nitrogens with zero attached hydrogens (tertiary/aromatic N) is 3. The van der Waals surface area contributed by atoms with Gasteiger partial charge in [-0.15, -0.1) is 0 Å². The van der Waals surface area contributed by atoms with Crippen LogP contribution in [0.5, 0.6) is 0 Å². The number of carboxylic acid groups (broad SMARTS) is 1. The second-order valence-corrected chi connectivity index (χ2v) is 12.9. The third-order valence-corrected chi connectivity index (χ3v) is 10.1. The Morgan fingerprint density at radius 3 is 2.67 bits per heavy atom. The summed E-state index contributed by atoms with van der Waals surface area (Å²) in [5.41, 5.74) is 1.97. The van der Waals surface area contributed by atoms with Crippen LogP contribution in [0.2, 0.25) is 10.0 Å². The van der Waals surface area contributed by atoms with E-state index in [0.717, 1.165) is 42.3 Å². The monoisotopic (exact) mass is 620 g/mol. The lowest BCUT2D eigenvalue weighted by Crippen LogP contribution is -2.52. The first-order valence-electron chi connectivity index (χ1n) is 14.7. The van der Waals surface area contributed by atoms with E-state index in [1.54, 1.807) is 42.5 Å². The molecule has 0 unspecified atom stereocenters. The van der Waals surface area contributed by atoms with Gasteiger partial charge < -0.3 is 10.4 Å². The van der Waals surface area contributed by atoms with E-state index in [0.29, 0.717) is 34.3 Å². The van der Waals surface area contributed by atoms with E-state index < -0.39 is 29.3 Å². The summed E-state index contributed by atoms with van der Waals surface area (Å²) in [5.74, 6) is -2.10. The number of rotatable bonds is 7. The molecular formula is C33H31Cl2FN4O3. The van der Waals surface area contributed by atoms with Crippen molar-refractivity contribution in [2.24, 2.45) is 5.92 Å². The number of carbonyl (C=O) groups excluding carboxylic acids is 1. The maximum Gasteiger partial charge on any atom is 0.335 e. The molecule has 4 atom stereocenters. The second-order valence-electron chi connectivity index (χ2n) is 12.0. The largest absolute Gasteiger partial charge is 0.478 e. The molecule has 3 aromatic carbocycles. The summed E-state index contributed by atoms with van der Waals surface area (Å²) in [4.78, 5) is 28.7. The Balaban J connectivity index is 1.56. The van der Waals surface area contributed by atoms with Gasteiger partial charge in [0.05, 0.1) is 22.1 Å². The number of aromatic nitrogens is 2. The van der Waals surface area contributed by atoms with Crippen molar-refractivity contribution in [3.05, 3.63) is 92.8 Å². The SMILES string of the molecule is CCC[C@H]1[C@@H](n2nc3cc(C(=O)O)ccc3c2C)[C@H](c2cccc(Cl)c2F)[C@]2(C(=O)Nc3cc(Cl)ccc32)N1CC1CC1. The van der Waals surface area contributed by atoms with Crippen molar-refractivity contribution in [3.8, 4) is 0 Å². The minimum Gasteiger partial charge on any atom is -0.478 e. The van der Waals surface area contributed by atoms with Crippen LogP contribution in [0, 0.1) is 18.7 Å². The molecule has 43 heavy (non-hydrogen) atoms. The quantitative estimate of drug-likeness (QED) is 0.223. The predicted octanol–water partition coefficient (Wildman–Crippen LogP) is 7.56. The summed E-state index contributed by atoms with van der Waals surface area (Å²) in [6, 6.07) is 14.7. The Hall–Kier alpha value is -3.46. The Morgan fingerprint density at radius 2 is 1.95 bits per heavy atom. The summed E-state index contributed by atoms with van der Waals surface area (Å²) in [6.07, 6.45) is 3.72. The molecule has 7 nitrogen and oxygen atoms in total. The van der Waals surface area contributed by atoms with Gasteiger partial charge in [-0.3, -0.25) is 14.4 Å². The summed E-state index contributed by atoms with van der Waals surface area (Å²) in [5, 5.41) is 19.0. The molecule has 2 N–H and O–H groups in total. The fraction of sp³-hybridized carbons (Fsp3) is 0.364. The Kier molecular flexibility index (Phi) is 6.80. The highest BCUT2D eigenvalue weighted by molar-refractivity contribution is 6.31. The second kappa shape index (κ2) is 10.3. The average molecular weight is 622 g/mol. The van der Waals surface area contributed by atoms with Gasteiger partial charge in [0.1, 0.15) is 11.4 Å². The minimum atomic E-state index is -1.25. The van der Waals surface area contributed by atoms with Crippen LogP contribution < -0.4 is 5.32 Å². The van der Waals surface area contributed by atoms with Crippen LogP contribution in [-0.4, -0.2) is 44.3 Å². The Morgan fingerprint density at radius 1 is 1.16 bits per heavy atom. The molecule has 2 aliphatic heterocycles. The van der Waals surface area contributed by atoms with Crippen molar-refractivity contribution in [3.63, 3.8) is 0 Å². The third kappa shape index (κ3) is 4.21. The molecule has 1 saturated carbocycles. The normalized spacial score (nSPS) is 25.0. The number of likely N-dealkylation sites (tertiary alicyclic amines) is 1. The first-order chi connectivity index (χ1) is 20.7. The zero-order chi connectivity index (χ0) is 30.2. The van der Waals surface area contributed by atoms with Gasteiger partial charge >= 0.3 is 5.97 Å². The summed E-state index contributed by atoms with van der Waals surface area (Å²) in [7, 11) is 0. The fourth-order valence-corrected chi connectivity index (χ4v) is 7.95. The van der Waals surface area contributed by atoms with Gasteiger partial charge in [0.25, 0.3) is 0 Å². The molecule has 1 aliphatic carbocycles. The van der Waals surface area contributed by atoms with E-state index in [4.69, 9.17) is 28.3 Å². The maximum atomic E-state index is 16.3. The van der Waals surface area contributed by atoms with E-state index in [1.807, 2.05) is 17.7 Å². The van der Waals surface area contributed by atoms with Crippen molar-refractivity contribution in [2.45, 2.75) is 63.1 Å². The molecule has 1 aromatic heterocycles. The van der Waals surface area contributed by atoms with E-state index in [2.05, 4.69) is 17.1 Å². The molecule has 1 amide bonds. The van der Waals surface area contributed by atoms with Gasteiger partial charge in [0, 0.05) is 45.9 Å². The maximum absolute atomic E-state index is 16.3. The van der Waals surface area contributed by atoms with E-state index in [9.17, 15) is 14.7 Å². The number of halogens is 3. The predicted molar refractivity (Wildman–Crippen MR) is 165 cm³/mol. The van der Waals surface area contributed by atoms with Crippen molar-refractivity contribution >= 4 is 51.7 Å². The topological polar surface area (TPSA) is 87.5 Å². The lowest BCUT2D eigenvalue weighted by atomic mass is 9.73. The number of amides is 1. The highest BCUT2D eigenvalue weighted by Crippen LogP contribution is 2.63. The average Bonchev–Trinajstić information content (AvgIpc) is 3.61. The van der Waals surface area contributed by atoms with Crippen molar-refractivity contribution in [1.29, 1.82) is 0 Å². The van der Waals surface area contributed by atoms with Crippen LogP contribution in [0.3, 0.4) is 0 Å².